The van der Waals surface area contributed by atoms with Crippen LogP contribution in [-0.2, 0) is 11.2 Å². The number of hydrogen-bond acceptors (Lipinski definition) is 1. The highest BCUT2D eigenvalue weighted by molar-refractivity contribution is 5.75. The van der Waals surface area contributed by atoms with Crippen LogP contribution in [0.5, 0.6) is 0 Å². The third-order valence-corrected chi connectivity index (χ3v) is 5.47. The molecule has 0 spiro atoms. The summed E-state index contributed by atoms with van der Waals surface area (Å²) in [6.07, 6.45) is 11.2. The average molecular weight is 380 g/mol. The zero-order valence-electron chi connectivity index (χ0n) is 17.5. The molecule has 0 heterocycles. The molecule has 152 valence electrons. The first-order valence-corrected chi connectivity index (χ1v) is 11.1. The smallest absolute Gasteiger partial charge is 0.219 e. The maximum Gasteiger partial charge on any atom is 0.219 e. The van der Waals surface area contributed by atoms with Gasteiger partial charge in [-0.25, -0.2) is 0 Å². The highest BCUT2D eigenvalue weighted by Crippen LogP contribution is 2.21. The fourth-order valence-electron chi connectivity index (χ4n) is 3.63. The molecule has 0 aliphatic carbocycles. The number of benzene rings is 2. The summed E-state index contributed by atoms with van der Waals surface area (Å²) in [5, 5.41) is 3.08. The summed E-state index contributed by atoms with van der Waals surface area (Å²) in [6, 6.07) is 21.4. The van der Waals surface area contributed by atoms with E-state index in [1.54, 1.807) is 0 Å². The van der Waals surface area contributed by atoms with Crippen LogP contribution < -0.4 is 5.32 Å². The van der Waals surface area contributed by atoms with E-state index < -0.39 is 0 Å². The van der Waals surface area contributed by atoms with Gasteiger partial charge in [0.25, 0.3) is 0 Å². The molecule has 2 aromatic carbocycles. The minimum Gasteiger partial charge on any atom is -0.356 e. The van der Waals surface area contributed by atoms with Crippen molar-refractivity contribution in [3.63, 3.8) is 0 Å². The molecule has 0 aliphatic rings. The summed E-state index contributed by atoms with van der Waals surface area (Å²) in [5.41, 5.74) is 2.84. The van der Waals surface area contributed by atoms with E-state index in [2.05, 4.69) is 72.9 Å². The van der Waals surface area contributed by atoms with Gasteiger partial charge in [-0.2, -0.15) is 0 Å². The molecule has 28 heavy (non-hydrogen) atoms. The van der Waals surface area contributed by atoms with E-state index in [0.717, 1.165) is 32.2 Å². The highest BCUT2D eigenvalue weighted by atomic mass is 16.1. The topological polar surface area (TPSA) is 29.1 Å². The Balaban J connectivity index is 1.39. The summed E-state index contributed by atoms with van der Waals surface area (Å²) in [6.45, 7) is 3.10. The van der Waals surface area contributed by atoms with E-state index in [4.69, 9.17) is 0 Å². The molecule has 0 fully saturated rings. The largest absolute Gasteiger partial charge is 0.356 e. The quantitative estimate of drug-likeness (QED) is 0.365. The van der Waals surface area contributed by atoms with E-state index in [0.29, 0.717) is 12.3 Å². The molecule has 0 aliphatic heterocycles. The Kier molecular flexibility index (Phi) is 11.1. The predicted molar refractivity (Wildman–Crippen MR) is 120 cm³/mol. The Morgan fingerprint density at radius 3 is 2.18 bits per heavy atom. The lowest BCUT2D eigenvalue weighted by atomic mass is 9.95. The van der Waals surface area contributed by atoms with Crippen molar-refractivity contribution in [2.75, 3.05) is 6.54 Å². The van der Waals surface area contributed by atoms with E-state index in [9.17, 15) is 4.79 Å². The summed E-state index contributed by atoms with van der Waals surface area (Å²) < 4.78 is 0. The van der Waals surface area contributed by atoms with Crippen LogP contribution in [0.1, 0.15) is 81.8 Å². The third-order valence-electron chi connectivity index (χ3n) is 5.47. The number of aryl methyl sites for hydroxylation is 1. The van der Waals surface area contributed by atoms with Crippen molar-refractivity contribution in [2.24, 2.45) is 0 Å². The second kappa shape index (κ2) is 14.0. The Bertz CT molecular complexity index is 638. The van der Waals surface area contributed by atoms with Gasteiger partial charge in [0.05, 0.1) is 0 Å². The first-order chi connectivity index (χ1) is 13.8. The fraction of sp³-hybridized carbons (Fsp3) is 0.500. The van der Waals surface area contributed by atoms with E-state index in [1.165, 1.54) is 43.2 Å². The van der Waals surface area contributed by atoms with Gasteiger partial charge in [-0.05, 0) is 49.1 Å². The van der Waals surface area contributed by atoms with Crippen LogP contribution in [0.3, 0.4) is 0 Å². The summed E-state index contributed by atoms with van der Waals surface area (Å²) in [5.74, 6) is 0.794. The van der Waals surface area contributed by atoms with E-state index in [-0.39, 0.29) is 5.91 Å². The SMILES string of the molecule is CC(CCCCC(=O)NCCCCCCCc1ccccc1)c1ccccc1. The molecular formula is C26H37NO. The number of nitrogens with one attached hydrogen (secondary N) is 1. The molecule has 1 amide bonds. The van der Waals surface area contributed by atoms with E-state index in [1.807, 2.05) is 0 Å². The highest BCUT2D eigenvalue weighted by Gasteiger charge is 2.06. The van der Waals surface area contributed by atoms with Gasteiger partial charge in [0.2, 0.25) is 5.91 Å². The maximum absolute atomic E-state index is 11.9. The number of unbranched alkanes of at least 4 members (excludes halogenated alkanes) is 5. The molecule has 2 aromatic rings. The summed E-state index contributed by atoms with van der Waals surface area (Å²) >= 11 is 0. The molecule has 1 N–H and O–H groups in total. The van der Waals surface area contributed by atoms with Gasteiger partial charge in [-0.3, -0.25) is 4.79 Å². The molecule has 0 bridgehead atoms. The van der Waals surface area contributed by atoms with Crippen molar-refractivity contribution in [1.82, 2.24) is 5.32 Å². The van der Waals surface area contributed by atoms with Crippen molar-refractivity contribution < 1.29 is 4.79 Å². The Morgan fingerprint density at radius 1 is 0.786 bits per heavy atom. The molecule has 0 aromatic heterocycles. The van der Waals surface area contributed by atoms with Crippen molar-refractivity contribution >= 4 is 5.91 Å². The monoisotopic (exact) mass is 379 g/mol. The zero-order valence-corrected chi connectivity index (χ0v) is 17.5. The Morgan fingerprint density at radius 2 is 1.43 bits per heavy atom. The lowest BCUT2D eigenvalue weighted by Gasteiger charge is -2.11. The molecule has 0 saturated carbocycles. The van der Waals surface area contributed by atoms with Crippen LogP contribution in [-0.4, -0.2) is 12.5 Å². The van der Waals surface area contributed by atoms with Crippen LogP contribution in [0, 0.1) is 0 Å². The zero-order chi connectivity index (χ0) is 19.9. The van der Waals surface area contributed by atoms with Gasteiger partial charge in [0, 0.05) is 13.0 Å². The fourth-order valence-corrected chi connectivity index (χ4v) is 3.63. The van der Waals surface area contributed by atoms with Crippen molar-refractivity contribution in [2.45, 2.75) is 77.0 Å². The molecule has 0 radical (unpaired) electrons. The van der Waals surface area contributed by atoms with Gasteiger partial charge < -0.3 is 5.32 Å². The van der Waals surface area contributed by atoms with Crippen molar-refractivity contribution in [1.29, 1.82) is 0 Å². The lowest BCUT2D eigenvalue weighted by Crippen LogP contribution is -2.23. The minimum atomic E-state index is 0.219. The average Bonchev–Trinajstić information content (AvgIpc) is 2.74. The van der Waals surface area contributed by atoms with Crippen molar-refractivity contribution in [3.8, 4) is 0 Å². The standard InChI is InChI=1S/C26H37NO/c1-23(25-19-10-6-11-20-25)15-12-13-21-26(28)27-22-14-4-2-3-7-16-24-17-8-5-9-18-24/h5-6,8-11,17-20,23H,2-4,7,12-16,21-22H2,1H3,(H,27,28). The molecule has 0 saturated heterocycles. The van der Waals surface area contributed by atoms with Gasteiger partial charge in [0.1, 0.15) is 0 Å². The van der Waals surface area contributed by atoms with Gasteiger partial charge >= 0.3 is 0 Å². The number of hydrogen-bond donors (Lipinski definition) is 1. The summed E-state index contributed by atoms with van der Waals surface area (Å²) in [4.78, 5) is 11.9. The number of carbonyl (C=O) groups excluding carboxylic acids is 1. The first-order valence-electron chi connectivity index (χ1n) is 11.1. The van der Waals surface area contributed by atoms with Gasteiger partial charge in [0.15, 0.2) is 0 Å². The second-order valence-electron chi connectivity index (χ2n) is 7.91. The van der Waals surface area contributed by atoms with Crippen LogP contribution >= 0.6 is 0 Å². The van der Waals surface area contributed by atoms with Crippen LogP contribution in [0.4, 0.5) is 0 Å². The molecule has 2 rings (SSSR count). The minimum absolute atomic E-state index is 0.219. The van der Waals surface area contributed by atoms with Crippen molar-refractivity contribution in [3.05, 3.63) is 71.8 Å². The Hall–Kier alpha value is -2.09. The molecule has 2 nitrogen and oxygen atoms in total. The molecular weight excluding hydrogens is 342 g/mol. The van der Waals surface area contributed by atoms with Crippen LogP contribution in [0.25, 0.3) is 0 Å². The normalized spacial score (nSPS) is 11.9. The summed E-state index contributed by atoms with van der Waals surface area (Å²) in [7, 11) is 0. The lowest BCUT2D eigenvalue weighted by molar-refractivity contribution is -0.121. The number of carbonyl (C=O) groups is 1. The molecule has 2 heteroatoms. The number of rotatable bonds is 14. The van der Waals surface area contributed by atoms with Crippen LogP contribution in [0.15, 0.2) is 60.7 Å². The number of amides is 1. The first kappa shape index (κ1) is 22.2. The second-order valence-corrected chi connectivity index (χ2v) is 7.91. The van der Waals surface area contributed by atoms with E-state index >= 15 is 0 Å². The van der Waals surface area contributed by atoms with Gasteiger partial charge in [-0.15, -0.1) is 0 Å². The molecule has 1 unspecified atom stereocenters. The van der Waals surface area contributed by atoms with Gasteiger partial charge in [-0.1, -0.05) is 93.3 Å². The Labute approximate surface area is 171 Å². The third kappa shape index (κ3) is 9.73. The predicted octanol–water partition coefficient (Wildman–Crippen LogP) is 6.66. The maximum atomic E-state index is 11.9. The van der Waals surface area contributed by atoms with Crippen LogP contribution in [0.2, 0.25) is 0 Å². The molecule has 1 atom stereocenters.